The molecule has 7 heteroatoms. The van der Waals surface area contributed by atoms with Crippen LogP contribution in [0, 0.1) is 0 Å². The molecule has 0 spiro atoms. The lowest BCUT2D eigenvalue weighted by atomic mass is 10.1. The van der Waals surface area contributed by atoms with Crippen LogP contribution in [0.15, 0.2) is 59.8 Å². The molecule has 0 aliphatic heterocycles. The van der Waals surface area contributed by atoms with E-state index in [4.69, 9.17) is 0 Å². The van der Waals surface area contributed by atoms with E-state index in [0.717, 1.165) is 17.7 Å². The first-order valence-corrected chi connectivity index (χ1v) is 10.1. The van der Waals surface area contributed by atoms with Crippen molar-refractivity contribution in [2.75, 3.05) is 5.75 Å². The molecule has 3 aromatic rings. The van der Waals surface area contributed by atoms with Crippen molar-refractivity contribution in [2.45, 2.75) is 37.9 Å². The fourth-order valence-corrected chi connectivity index (χ4v) is 3.31. The Morgan fingerprint density at radius 2 is 1.85 bits per heavy atom. The Hall–Kier alpha value is -2.67. The molecule has 0 fully saturated rings. The number of unbranched alkanes of at least 4 members (excludes halogenated alkanes) is 1. The van der Waals surface area contributed by atoms with E-state index in [1.54, 1.807) is 4.68 Å². The largest absolute Gasteiger partial charge is 0.351 e. The van der Waals surface area contributed by atoms with Crippen LogP contribution in [0.4, 0.5) is 0 Å². The normalized spacial score (nSPS) is 10.7. The zero-order valence-corrected chi connectivity index (χ0v) is 16.2. The summed E-state index contributed by atoms with van der Waals surface area (Å²) in [5.74, 6) is 0.218. The third-order valence-corrected chi connectivity index (χ3v) is 5.02. The van der Waals surface area contributed by atoms with Crippen LogP contribution in [-0.2, 0) is 17.8 Å². The molecule has 0 atom stereocenters. The van der Waals surface area contributed by atoms with Crippen LogP contribution in [-0.4, -0.2) is 31.9 Å². The fraction of sp³-hybridized carbons (Fsp3) is 0.300. The van der Waals surface area contributed by atoms with E-state index < -0.39 is 0 Å². The van der Waals surface area contributed by atoms with Gasteiger partial charge in [-0.25, -0.2) is 0 Å². The van der Waals surface area contributed by atoms with Gasteiger partial charge in [-0.1, -0.05) is 67.6 Å². The number of amides is 1. The molecule has 0 unspecified atom stereocenters. The van der Waals surface area contributed by atoms with Gasteiger partial charge in [0.25, 0.3) is 0 Å². The van der Waals surface area contributed by atoms with E-state index in [-0.39, 0.29) is 11.7 Å². The number of thioether (sulfide) groups is 1. The van der Waals surface area contributed by atoms with Gasteiger partial charge in [0.05, 0.1) is 11.4 Å². The van der Waals surface area contributed by atoms with Gasteiger partial charge in [0.15, 0.2) is 0 Å². The minimum Gasteiger partial charge on any atom is -0.351 e. The Morgan fingerprint density at radius 3 is 2.59 bits per heavy atom. The number of nitrogens with zero attached hydrogens (tertiary/aromatic N) is 4. The molecule has 0 aliphatic carbocycles. The summed E-state index contributed by atoms with van der Waals surface area (Å²) in [5.41, 5.74) is 3.28. The number of rotatable bonds is 9. The second-order valence-corrected chi connectivity index (χ2v) is 7.14. The van der Waals surface area contributed by atoms with Gasteiger partial charge in [-0.05, 0) is 46.5 Å². The van der Waals surface area contributed by atoms with Gasteiger partial charge in [0, 0.05) is 6.54 Å². The number of carbonyl (C=O) groups excluding carboxylic acids is 1. The van der Waals surface area contributed by atoms with Crippen LogP contribution >= 0.6 is 11.8 Å². The minimum absolute atomic E-state index is 0.0479. The molecule has 0 saturated heterocycles. The van der Waals surface area contributed by atoms with E-state index in [9.17, 15) is 4.79 Å². The molecular formula is C20H23N5OS. The van der Waals surface area contributed by atoms with Gasteiger partial charge in [-0.3, -0.25) is 4.79 Å². The highest BCUT2D eigenvalue weighted by molar-refractivity contribution is 7.99. The van der Waals surface area contributed by atoms with Crippen LogP contribution in [0.5, 0.6) is 0 Å². The minimum atomic E-state index is -0.0479. The molecule has 0 aliphatic rings. The van der Waals surface area contributed by atoms with E-state index in [1.165, 1.54) is 30.2 Å². The number of hydrogen-bond acceptors (Lipinski definition) is 5. The maximum atomic E-state index is 12.1. The average Bonchev–Trinajstić information content (AvgIpc) is 3.19. The Bertz CT molecular complexity index is 848. The third kappa shape index (κ3) is 5.65. The van der Waals surface area contributed by atoms with Crippen molar-refractivity contribution in [2.24, 2.45) is 0 Å². The molecule has 2 aromatic carbocycles. The van der Waals surface area contributed by atoms with Crippen molar-refractivity contribution < 1.29 is 4.79 Å². The zero-order valence-electron chi connectivity index (χ0n) is 15.3. The quantitative estimate of drug-likeness (QED) is 0.575. The average molecular weight is 382 g/mol. The molecule has 0 saturated carbocycles. The van der Waals surface area contributed by atoms with Crippen LogP contribution in [0.25, 0.3) is 5.69 Å². The number of hydrogen-bond donors (Lipinski definition) is 1. The molecule has 0 radical (unpaired) electrons. The summed E-state index contributed by atoms with van der Waals surface area (Å²) < 4.78 is 1.67. The van der Waals surface area contributed by atoms with Gasteiger partial charge < -0.3 is 5.32 Å². The predicted octanol–water partition coefficient (Wildman–Crippen LogP) is 3.41. The first kappa shape index (κ1) is 19.1. The number of tetrazole rings is 1. The summed E-state index contributed by atoms with van der Waals surface area (Å²) in [6, 6.07) is 18.1. The van der Waals surface area contributed by atoms with Gasteiger partial charge in [-0.15, -0.1) is 5.10 Å². The maximum absolute atomic E-state index is 12.1. The smallest absolute Gasteiger partial charge is 0.230 e. The van der Waals surface area contributed by atoms with Crippen LogP contribution < -0.4 is 5.32 Å². The van der Waals surface area contributed by atoms with Gasteiger partial charge in [0.1, 0.15) is 0 Å². The van der Waals surface area contributed by atoms with Gasteiger partial charge in [-0.2, -0.15) is 4.68 Å². The lowest BCUT2D eigenvalue weighted by Gasteiger charge is -2.07. The molecule has 1 N–H and O–H groups in total. The van der Waals surface area contributed by atoms with E-state index in [1.807, 2.05) is 42.5 Å². The number of benzene rings is 2. The SMILES string of the molecule is CCCCc1ccc(-n2nnnc2SCC(=O)NCc2ccccc2)cc1. The molecular weight excluding hydrogens is 358 g/mol. The first-order valence-electron chi connectivity index (χ1n) is 9.07. The number of aromatic nitrogens is 4. The summed E-state index contributed by atoms with van der Waals surface area (Å²) in [7, 11) is 0. The zero-order chi connectivity index (χ0) is 18.9. The van der Waals surface area contributed by atoms with Crippen molar-refractivity contribution in [1.82, 2.24) is 25.5 Å². The Labute approximate surface area is 163 Å². The standard InChI is InChI=1S/C20H23N5OS/c1-2-3-7-16-10-12-18(13-11-16)25-20(22-23-24-25)27-15-19(26)21-14-17-8-5-4-6-9-17/h4-6,8-13H,2-3,7,14-15H2,1H3,(H,21,26). The van der Waals surface area contributed by atoms with Crippen LogP contribution in [0.1, 0.15) is 30.9 Å². The number of nitrogens with one attached hydrogen (secondary N) is 1. The van der Waals surface area contributed by atoms with E-state index >= 15 is 0 Å². The molecule has 1 aromatic heterocycles. The van der Waals surface area contributed by atoms with E-state index in [2.05, 4.69) is 39.9 Å². The van der Waals surface area contributed by atoms with Gasteiger partial charge >= 0.3 is 0 Å². The lowest BCUT2D eigenvalue weighted by molar-refractivity contribution is -0.118. The lowest BCUT2D eigenvalue weighted by Crippen LogP contribution is -2.24. The summed E-state index contributed by atoms with van der Waals surface area (Å²) in [5, 5.41) is 15.4. The highest BCUT2D eigenvalue weighted by Crippen LogP contribution is 2.19. The first-order chi connectivity index (χ1) is 13.3. The monoisotopic (exact) mass is 381 g/mol. The molecule has 1 amide bonds. The van der Waals surface area contributed by atoms with Crippen LogP contribution in [0.3, 0.4) is 0 Å². The summed E-state index contributed by atoms with van der Waals surface area (Å²) in [6.45, 7) is 2.71. The molecule has 1 heterocycles. The second-order valence-electron chi connectivity index (χ2n) is 6.19. The molecule has 140 valence electrons. The fourth-order valence-electron chi connectivity index (χ4n) is 2.59. The Morgan fingerprint density at radius 1 is 1.07 bits per heavy atom. The topological polar surface area (TPSA) is 72.7 Å². The second kappa shape index (κ2) is 9.87. The maximum Gasteiger partial charge on any atom is 0.230 e. The third-order valence-electron chi connectivity index (χ3n) is 4.11. The molecule has 3 rings (SSSR count). The predicted molar refractivity (Wildman–Crippen MR) is 107 cm³/mol. The van der Waals surface area contributed by atoms with Crippen molar-refractivity contribution in [1.29, 1.82) is 0 Å². The molecule has 6 nitrogen and oxygen atoms in total. The highest BCUT2D eigenvalue weighted by Gasteiger charge is 2.11. The van der Waals surface area contributed by atoms with Gasteiger partial charge in [0.2, 0.25) is 11.1 Å². The van der Waals surface area contributed by atoms with Crippen molar-refractivity contribution in [3.8, 4) is 5.69 Å². The van der Waals surface area contributed by atoms with E-state index in [0.29, 0.717) is 11.7 Å². The summed E-state index contributed by atoms with van der Waals surface area (Å²) in [4.78, 5) is 12.1. The van der Waals surface area contributed by atoms with Crippen molar-refractivity contribution in [3.63, 3.8) is 0 Å². The van der Waals surface area contributed by atoms with Crippen molar-refractivity contribution >= 4 is 17.7 Å². The highest BCUT2D eigenvalue weighted by atomic mass is 32.2. The summed E-state index contributed by atoms with van der Waals surface area (Å²) in [6.07, 6.45) is 3.45. The molecule has 27 heavy (non-hydrogen) atoms. The van der Waals surface area contributed by atoms with Crippen molar-refractivity contribution in [3.05, 3.63) is 65.7 Å². The molecule has 0 bridgehead atoms. The number of aryl methyl sites for hydroxylation is 1. The van der Waals surface area contributed by atoms with Crippen LogP contribution in [0.2, 0.25) is 0 Å². The summed E-state index contributed by atoms with van der Waals surface area (Å²) >= 11 is 1.32. The number of carbonyl (C=O) groups is 1. The Balaban J connectivity index is 1.54. The Kier molecular flexibility index (Phi) is 6.98.